The van der Waals surface area contributed by atoms with Crippen LogP contribution in [0.15, 0.2) is 22.8 Å². The number of hydrogen-bond acceptors (Lipinski definition) is 5. The molecule has 1 aromatic heterocycles. The minimum Gasteiger partial charge on any atom is -0.467 e. The van der Waals surface area contributed by atoms with Crippen molar-refractivity contribution in [3.8, 4) is 0 Å². The van der Waals surface area contributed by atoms with Gasteiger partial charge in [-0.3, -0.25) is 14.5 Å². The Kier molecular flexibility index (Phi) is 5.20. The maximum absolute atomic E-state index is 12.7. The van der Waals surface area contributed by atoms with Crippen molar-refractivity contribution in [3.05, 3.63) is 24.2 Å². The number of rotatable bonds is 5. The van der Waals surface area contributed by atoms with Crippen molar-refractivity contribution in [2.45, 2.75) is 26.0 Å². The van der Waals surface area contributed by atoms with Crippen LogP contribution in [0.25, 0.3) is 0 Å². The Labute approximate surface area is 141 Å². The van der Waals surface area contributed by atoms with Crippen LogP contribution in [0.3, 0.4) is 0 Å². The van der Waals surface area contributed by atoms with Gasteiger partial charge in [0.25, 0.3) is 0 Å². The molecule has 0 aliphatic carbocycles. The van der Waals surface area contributed by atoms with Crippen molar-refractivity contribution in [1.82, 2.24) is 14.7 Å². The highest BCUT2D eigenvalue weighted by Gasteiger charge is 2.37. The molecule has 0 aromatic carbocycles. The Hall–Kier alpha value is -1.86. The Morgan fingerprint density at radius 2 is 2.12 bits per heavy atom. The fourth-order valence-corrected chi connectivity index (χ4v) is 3.46. The summed E-state index contributed by atoms with van der Waals surface area (Å²) in [5.74, 6) is 0.568. The summed E-state index contributed by atoms with van der Waals surface area (Å²) in [7, 11) is 0. The second-order valence-electron chi connectivity index (χ2n) is 6.73. The van der Waals surface area contributed by atoms with Crippen LogP contribution in [0.1, 0.15) is 19.1 Å². The molecule has 7 nitrogen and oxygen atoms in total. The summed E-state index contributed by atoms with van der Waals surface area (Å²) >= 11 is 0. The lowest BCUT2D eigenvalue weighted by Gasteiger charge is -2.36. The van der Waals surface area contributed by atoms with E-state index in [0.29, 0.717) is 32.7 Å². The highest BCUT2D eigenvalue weighted by Crippen LogP contribution is 2.23. The molecule has 0 radical (unpaired) electrons. The number of hydrogen-bond donors (Lipinski definition) is 1. The summed E-state index contributed by atoms with van der Waals surface area (Å²) in [6.07, 6.45) is 1.52. The quantitative estimate of drug-likeness (QED) is 0.829. The van der Waals surface area contributed by atoms with Crippen LogP contribution in [0.4, 0.5) is 0 Å². The number of likely N-dealkylation sites (tertiary alicyclic amines) is 1. The average molecular weight is 335 g/mol. The number of piperazine rings is 1. The van der Waals surface area contributed by atoms with E-state index in [4.69, 9.17) is 4.42 Å². The fraction of sp³-hybridized carbons (Fsp3) is 0.647. The van der Waals surface area contributed by atoms with Gasteiger partial charge in [0.2, 0.25) is 11.8 Å². The van der Waals surface area contributed by atoms with Crippen molar-refractivity contribution in [1.29, 1.82) is 0 Å². The Morgan fingerprint density at radius 3 is 2.75 bits per heavy atom. The van der Waals surface area contributed by atoms with Crippen molar-refractivity contribution < 1.29 is 19.1 Å². The summed E-state index contributed by atoms with van der Waals surface area (Å²) in [6, 6.07) is 3.63. The molecule has 2 aliphatic rings. The maximum Gasteiger partial charge on any atom is 0.228 e. The molecule has 2 fully saturated rings. The number of aliphatic hydroxyl groups is 1. The van der Waals surface area contributed by atoms with E-state index in [1.54, 1.807) is 24.2 Å². The topological polar surface area (TPSA) is 77.2 Å². The average Bonchev–Trinajstić information content (AvgIpc) is 3.18. The summed E-state index contributed by atoms with van der Waals surface area (Å²) in [5.41, 5.74) is 0. The number of β-amino-alcohol motifs (C(OH)–C–C–N with tert-alkyl or cyclic N) is 1. The Bertz CT molecular complexity index is 564. The first-order valence-electron chi connectivity index (χ1n) is 8.52. The van der Waals surface area contributed by atoms with Crippen LogP contribution >= 0.6 is 0 Å². The highest BCUT2D eigenvalue weighted by molar-refractivity contribution is 5.89. The molecule has 0 spiro atoms. The van der Waals surface area contributed by atoms with Gasteiger partial charge in [-0.25, -0.2) is 0 Å². The summed E-state index contributed by atoms with van der Waals surface area (Å²) < 4.78 is 5.28. The van der Waals surface area contributed by atoms with E-state index in [1.165, 1.54) is 0 Å². The molecule has 2 amide bonds. The van der Waals surface area contributed by atoms with E-state index in [-0.39, 0.29) is 30.3 Å². The predicted octanol–water partition coefficient (Wildman–Crippen LogP) is 0.153. The summed E-state index contributed by atoms with van der Waals surface area (Å²) in [4.78, 5) is 30.5. The third-order valence-corrected chi connectivity index (χ3v) is 4.70. The zero-order valence-electron chi connectivity index (χ0n) is 14.1. The molecule has 0 unspecified atom stereocenters. The third-order valence-electron chi connectivity index (χ3n) is 4.70. The van der Waals surface area contributed by atoms with Gasteiger partial charge in [0.05, 0.1) is 24.8 Å². The van der Waals surface area contributed by atoms with Gasteiger partial charge in [-0.2, -0.15) is 0 Å². The van der Waals surface area contributed by atoms with Gasteiger partial charge in [0.1, 0.15) is 5.76 Å². The van der Waals surface area contributed by atoms with Gasteiger partial charge in [0, 0.05) is 45.7 Å². The zero-order chi connectivity index (χ0) is 17.1. The van der Waals surface area contributed by atoms with Crippen molar-refractivity contribution >= 4 is 11.8 Å². The molecule has 0 bridgehead atoms. The van der Waals surface area contributed by atoms with Crippen LogP contribution in [0.2, 0.25) is 0 Å². The summed E-state index contributed by atoms with van der Waals surface area (Å²) in [5, 5.41) is 9.44. The standard InChI is InChI=1S/C17H25N3O4/c1-13(21)10-18-4-6-19(7-5-18)17(23)14-9-16(22)20(11-14)12-15-3-2-8-24-15/h2-3,8,13-14,21H,4-7,9-12H2,1H3/t13-,14-/m0/s1. The Morgan fingerprint density at radius 1 is 1.38 bits per heavy atom. The van der Waals surface area contributed by atoms with Gasteiger partial charge in [-0.1, -0.05) is 0 Å². The van der Waals surface area contributed by atoms with Gasteiger partial charge >= 0.3 is 0 Å². The van der Waals surface area contributed by atoms with Gasteiger partial charge < -0.3 is 19.3 Å². The monoisotopic (exact) mass is 335 g/mol. The SMILES string of the molecule is C[C@H](O)CN1CCN(C(=O)[C@H]2CC(=O)N(Cc3ccco3)C2)CC1. The van der Waals surface area contributed by atoms with Gasteiger partial charge in [0.15, 0.2) is 0 Å². The molecule has 2 saturated heterocycles. The van der Waals surface area contributed by atoms with E-state index in [0.717, 1.165) is 18.8 Å². The van der Waals surface area contributed by atoms with Crippen molar-refractivity contribution in [3.63, 3.8) is 0 Å². The lowest BCUT2D eigenvalue weighted by atomic mass is 10.1. The third kappa shape index (κ3) is 3.96. The minimum absolute atomic E-state index is 0.0116. The summed E-state index contributed by atoms with van der Waals surface area (Å²) in [6.45, 7) is 6.17. The van der Waals surface area contributed by atoms with E-state index < -0.39 is 0 Å². The zero-order valence-corrected chi connectivity index (χ0v) is 14.1. The highest BCUT2D eigenvalue weighted by atomic mass is 16.3. The number of furan rings is 1. The fourth-order valence-electron chi connectivity index (χ4n) is 3.46. The molecule has 1 aromatic rings. The van der Waals surface area contributed by atoms with E-state index in [9.17, 15) is 14.7 Å². The molecular weight excluding hydrogens is 310 g/mol. The van der Waals surface area contributed by atoms with Crippen LogP contribution in [-0.2, 0) is 16.1 Å². The van der Waals surface area contributed by atoms with Crippen LogP contribution < -0.4 is 0 Å². The minimum atomic E-state index is -0.352. The van der Waals surface area contributed by atoms with Crippen LogP contribution in [0, 0.1) is 5.92 Å². The van der Waals surface area contributed by atoms with Gasteiger partial charge in [-0.15, -0.1) is 0 Å². The predicted molar refractivity (Wildman–Crippen MR) is 86.9 cm³/mol. The number of nitrogens with zero attached hydrogens (tertiary/aromatic N) is 3. The normalized spacial score (nSPS) is 23.8. The second kappa shape index (κ2) is 7.36. The molecule has 24 heavy (non-hydrogen) atoms. The van der Waals surface area contributed by atoms with Crippen LogP contribution in [-0.4, -0.2) is 77.0 Å². The molecular formula is C17H25N3O4. The Balaban J connectivity index is 1.50. The lowest BCUT2D eigenvalue weighted by molar-refractivity contribution is -0.137. The molecule has 7 heteroatoms. The number of amides is 2. The first-order valence-corrected chi connectivity index (χ1v) is 8.52. The molecule has 1 N–H and O–H groups in total. The molecule has 3 rings (SSSR count). The van der Waals surface area contributed by atoms with Crippen molar-refractivity contribution in [2.75, 3.05) is 39.3 Å². The smallest absolute Gasteiger partial charge is 0.228 e. The molecule has 3 heterocycles. The largest absolute Gasteiger partial charge is 0.467 e. The van der Waals surface area contributed by atoms with Gasteiger partial charge in [-0.05, 0) is 19.1 Å². The van der Waals surface area contributed by atoms with E-state index >= 15 is 0 Å². The molecule has 2 atom stereocenters. The van der Waals surface area contributed by atoms with E-state index in [2.05, 4.69) is 4.90 Å². The number of carbonyl (C=O) groups excluding carboxylic acids is 2. The van der Waals surface area contributed by atoms with Crippen molar-refractivity contribution in [2.24, 2.45) is 5.92 Å². The number of carbonyl (C=O) groups is 2. The molecule has 2 aliphatic heterocycles. The second-order valence-corrected chi connectivity index (χ2v) is 6.73. The first kappa shape index (κ1) is 17.0. The number of aliphatic hydroxyl groups excluding tert-OH is 1. The van der Waals surface area contributed by atoms with Crippen LogP contribution in [0.5, 0.6) is 0 Å². The lowest BCUT2D eigenvalue weighted by Crippen LogP contribution is -2.51. The molecule has 0 saturated carbocycles. The first-order chi connectivity index (χ1) is 11.5. The molecule has 132 valence electrons. The van der Waals surface area contributed by atoms with E-state index in [1.807, 2.05) is 11.0 Å². The maximum atomic E-state index is 12.7.